The highest BCUT2D eigenvalue weighted by atomic mass is 16.1. The summed E-state index contributed by atoms with van der Waals surface area (Å²) >= 11 is 0. The van der Waals surface area contributed by atoms with Crippen LogP contribution in [0, 0.1) is 0 Å². The van der Waals surface area contributed by atoms with Gasteiger partial charge in [0, 0.05) is 58.6 Å². The Labute approximate surface area is 144 Å². The predicted molar refractivity (Wildman–Crippen MR) is 96.6 cm³/mol. The van der Waals surface area contributed by atoms with Gasteiger partial charge < -0.3 is 15.5 Å². The topological polar surface area (TPSA) is 60.5 Å². The molecule has 0 unspecified atom stereocenters. The third-order valence-electron chi connectivity index (χ3n) is 4.86. The standard InChI is InChI=1S/C18H29N5O/c24-18(20-9-14-22-12-7-19-8-13-22)16-5-6-17(21-15-16)23-10-3-1-2-4-11-23/h5-6,15,19H,1-4,7-14H2,(H,20,24). The van der Waals surface area contributed by atoms with Crippen LogP contribution in [-0.2, 0) is 0 Å². The summed E-state index contributed by atoms with van der Waals surface area (Å²) < 4.78 is 0. The van der Waals surface area contributed by atoms with Crippen LogP contribution in [0.2, 0.25) is 0 Å². The van der Waals surface area contributed by atoms with Crippen LogP contribution in [0.3, 0.4) is 0 Å². The molecule has 2 aliphatic heterocycles. The molecule has 2 fully saturated rings. The number of amides is 1. The number of carbonyl (C=O) groups excluding carboxylic acids is 1. The van der Waals surface area contributed by atoms with Crippen LogP contribution in [0.25, 0.3) is 0 Å². The first-order valence-electron chi connectivity index (χ1n) is 9.25. The van der Waals surface area contributed by atoms with E-state index in [9.17, 15) is 4.79 Å². The predicted octanol–water partition coefficient (Wildman–Crippen LogP) is 1.10. The zero-order valence-corrected chi connectivity index (χ0v) is 14.5. The van der Waals surface area contributed by atoms with E-state index in [1.807, 2.05) is 12.1 Å². The molecular formula is C18H29N5O. The molecule has 3 heterocycles. The molecule has 3 rings (SSSR count). The summed E-state index contributed by atoms with van der Waals surface area (Å²) in [5, 5.41) is 6.34. The lowest BCUT2D eigenvalue weighted by atomic mass is 10.2. The minimum atomic E-state index is -0.0277. The molecule has 0 spiro atoms. The number of hydrogen-bond acceptors (Lipinski definition) is 5. The fourth-order valence-electron chi connectivity index (χ4n) is 3.37. The van der Waals surface area contributed by atoms with Gasteiger partial charge in [0.15, 0.2) is 0 Å². The molecular weight excluding hydrogens is 302 g/mol. The first kappa shape index (κ1) is 17.2. The van der Waals surface area contributed by atoms with Gasteiger partial charge in [-0.3, -0.25) is 9.69 Å². The fourth-order valence-corrected chi connectivity index (χ4v) is 3.37. The van der Waals surface area contributed by atoms with Gasteiger partial charge in [-0.25, -0.2) is 4.98 Å². The minimum Gasteiger partial charge on any atom is -0.357 e. The smallest absolute Gasteiger partial charge is 0.252 e. The SMILES string of the molecule is O=C(NCCN1CCNCC1)c1ccc(N2CCCCCC2)nc1. The molecule has 0 saturated carbocycles. The Morgan fingerprint density at radius 1 is 1.08 bits per heavy atom. The third kappa shape index (κ3) is 4.92. The average Bonchev–Trinajstić information content (AvgIpc) is 2.92. The van der Waals surface area contributed by atoms with Crippen molar-refractivity contribution in [3.63, 3.8) is 0 Å². The number of pyridine rings is 1. The number of piperazine rings is 1. The number of nitrogens with zero attached hydrogens (tertiary/aromatic N) is 3. The molecule has 24 heavy (non-hydrogen) atoms. The molecule has 2 aliphatic rings. The van der Waals surface area contributed by atoms with Gasteiger partial charge in [-0.1, -0.05) is 12.8 Å². The van der Waals surface area contributed by atoms with Crippen LogP contribution in [0.4, 0.5) is 5.82 Å². The Bertz CT molecular complexity index is 505. The van der Waals surface area contributed by atoms with Crippen LogP contribution >= 0.6 is 0 Å². The van der Waals surface area contributed by atoms with E-state index in [0.717, 1.165) is 51.6 Å². The molecule has 2 N–H and O–H groups in total. The van der Waals surface area contributed by atoms with Gasteiger partial charge in [0.1, 0.15) is 5.82 Å². The monoisotopic (exact) mass is 331 g/mol. The second-order valence-corrected chi connectivity index (χ2v) is 6.65. The van der Waals surface area contributed by atoms with Crippen molar-refractivity contribution in [2.45, 2.75) is 25.7 Å². The highest BCUT2D eigenvalue weighted by Gasteiger charge is 2.13. The van der Waals surface area contributed by atoms with E-state index in [4.69, 9.17) is 0 Å². The molecule has 6 heteroatoms. The summed E-state index contributed by atoms with van der Waals surface area (Å²) in [7, 11) is 0. The van der Waals surface area contributed by atoms with Gasteiger partial charge in [0.25, 0.3) is 5.91 Å². The van der Waals surface area contributed by atoms with Gasteiger partial charge in [0.05, 0.1) is 5.56 Å². The van der Waals surface area contributed by atoms with Crippen molar-refractivity contribution in [3.05, 3.63) is 23.9 Å². The normalized spacial score (nSPS) is 19.8. The maximum Gasteiger partial charge on any atom is 0.252 e. The number of anilines is 1. The van der Waals surface area contributed by atoms with Crippen molar-refractivity contribution in [1.29, 1.82) is 0 Å². The van der Waals surface area contributed by atoms with Crippen LogP contribution in [0.15, 0.2) is 18.3 Å². The maximum atomic E-state index is 12.2. The Balaban J connectivity index is 1.46. The lowest BCUT2D eigenvalue weighted by molar-refractivity contribution is 0.0947. The average molecular weight is 331 g/mol. The summed E-state index contributed by atoms with van der Waals surface area (Å²) in [5.41, 5.74) is 0.647. The van der Waals surface area contributed by atoms with Gasteiger partial charge in [0.2, 0.25) is 0 Å². The Kier molecular flexibility index (Phi) is 6.43. The molecule has 132 valence electrons. The van der Waals surface area contributed by atoms with E-state index in [-0.39, 0.29) is 5.91 Å². The van der Waals surface area contributed by atoms with Gasteiger partial charge in [-0.2, -0.15) is 0 Å². The van der Waals surface area contributed by atoms with Crippen molar-refractivity contribution in [3.8, 4) is 0 Å². The Morgan fingerprint density at radius 3 is 2.50 bits per heavy atom. The van der Waals surface area contributed by atoms with Crippen LogP contribution in [0.5, 0.6) is 0 Å². The summed E-state index contributed by atoms with van der Waals surface area (Å²) in [5.74, 6) is 0.967. The molecule has 0 aliphatic carbocycles. The lowest BCUT2D eigenvalue weighted by Gasteiger charge is -2.27. The van der Waals surface area contributed by atoms with E-state index >= 15 is 0 Å². The molecule has 1 aromatic heterocycles. The van der Waals surface area contributed by atoms with E-state index in [1.165, 1.54) is 25.7 Å². The van der Waals surface area contributed by atoms with Gasteiger partial charge in [-0.05, 0) is 25.0 Å². The number of hydrogen-bond donors (Lipinski definition) is 2. The number of rotatable bonds is 5. The summed E-state index contributed by atoms with van der Waals surface area (Å²) in [6, 6.07) is 3.88. The Morgan fingerprint density at radius 2 is 1.83 bits per heavy atom. The molecule has 0 aromatic carbocycles. The van der Waals surface area contributed by atoms with Crippen LogP contribution < -0.4 is 15.5 Å². The first-order chi connectivity index (χ1) is 11.8. The maximum absolute atomic E-state index is 12.2. The van der Waals surface area contributed by atoms with E-state index in [0.29, 0.717) is 12.1 Å². The van der Waals surface area contributed by atoms with Crippen molar-refractivity contribution in [1.82, 2.24) is 20.5 Å². The van der Waals surface area contributed by atoms with E-state index in [2.05, 4.69) is 25.4 Å². The summed E-state index contributed by atoms with van der Waals surface area (Å²) in [6.45, 7) is 7.93. The number of aromatic nitrogens is 1. The van der Waals surface area contributed by atoms with E-state index < -0.39 is 0 Å². The summed E-state index contributed by atoms with van der Waals surface area (Å²) in [4.78, 5) is 21.4. The first-order valence-corrected chi connectivity index (χ1v) is 9.25. The van der Waals surface area contributed by atoms with Crippen LogP contribution in [-0.4, -0.2) is 68.1 Å². The number of carbonyl (C=O) groups is 1. The van der Waals surface area contributed by atoms with Crippen molar-refractivity contribution < 1.29 is 4.79 Å². The minimum absolute atomic E-state index is 0.0277. The quantitative estimate of drug-likeness (QED) is 0.846. The fraction of sp³-hybridized carbons (Fsp3) is 0.667. The molecule has 0 radical (unpaired) electrons. The third-order valence-corrected chi connectivity index (χ3v) is 4.86. The summed E-state index contributed by atoms with van der Waals surface area (Å²) in [6.07, 6.45) is 6.79. The molecule has 1 aromatic rings. The molecule has 6 nitrogen and oxygen atoms in total. The van der Waals surface area contributed by atoms with Crippen molar-refractivity contribution in [2.75, 3.05) is 57.3 Å². The number of nitrogens with one attached hydrogen (secondary N) is 2. The molecule has 0 bridgehead atoms. The van der Waals surface area contributed by atoms with Crippen molar-refractivity contribution >= 4 is 11.7 Å². The molecule has 2 saturated heterocycles. The lowest BCUT2D eigenvalue weighted by Crippen LogP contribution is -2.46. The highest BCUT2D eigenvalue weighted by molar-refractivity contribution is 5.94. The highest BCUT2D eigenvalue weighted by Crippen LogP contribution is 2.17. The van der Waals surface area contributed by atoms with Crippen LogP contribution in [0.1, 0.15) is 36.0 Å². The largest absolute Gasteiger partial charge is 0.357 e. The van der Waals surface area contributed by atoms with Gasteiger partial charge >= 0.3 is 0 Å². The molecule has 1 amide bonds. The van der Waals surface area contributed by atoms with Crippen molar-refractivity contribution in [2.24, 2.45) is 0 Å². The second kappa shape index (κ2) is 8.99. The van der Waals surface area contributed by atoms with Gasteiger partial charge in [-0.15, -0.1) is 0 Å². The Hall–Kier alpha value is -1.66. The molecule has 0 atom stereocenters. The zero-order chi connectivity index (χ0) is 16.6. The zero-order valence-electron chi connectivity index (χ0n) is 14.5. The van der Waals surface area contributed by atoms with E-state index in [1.54, 1.807) is 6.20 Å². The second-order valence-electron chi connectivity index (χ2n) is 6.65.